The number of piperidine rings is 1. The van der Waals surface area contributed by atoms with E-state index in [0.29, 0.717) is 6.04 Å². The molecular formula is C13H25N3S. The van der Waals surface area contributed by atoms with Crippen LogP contribution >= 0.6 is 11.8 Å². The monoisotopic (exact) mass is 255 g/mol. The van der Waals surface area contributed by atoms with Crippen molar-refractivity contribution in [1.82, 2.24) is 10.2 Å². The number of nitrogens with zero attached hydrogens (tertiary/aromatic N) is 2. The molecule has 1 N–H and O–H groups in total. The van der Waals surface area contributed by atoms with Crippen LogP contribution in [0.4, 0.5) is 0 Å². The van der Waals surface area contributed by atoms with E-state index in [4.69, 9.17) is 0 Å². The highest BCUT2D eigenvalue weighted by molar-refractivity contribution is 8.13. The predicted octanol–water partition coefficient (Wildman–Crippen LogP) is 2.19. The van der Waals surface area contributed by atoms with Gasteiger partial charge in [0.25, 0.3) is 0 Å². The van der Waals surface area contributed by atoms with Gasteiger partial charge in [-0.25, -0.2) is 0 Å². The van der Waals surface area contributed by atoms with Crippen LogP contribution in [-0.4, -0.2) is 48.0 Å². The van der Waals surface area contributed by atoms with Crippen molar-refractivity contribution >= 4 is 16.9 Å². The fourth-order valence-corrected chi connectivity index (χ4v) is 3.43. The Hall–Kier alpha value is -0.220. The van der Waals surface area contributed by atoms with Crippen molar-refractivity contribution in [2.75, 3.05) is 31.9 Å². The van der Waals surface area contributed by atoms with Gasteiger partial charge >= 0.3 is 0 Å². The third kappa shape index (κ3) is 4.51. The van der Waals surface area contributed by atoms with Gasteiger partial charge in [0, 0.05) is 24.9 Å². The highest BCUT2D eigenvalue weighted by atomic mass is 32.2. The Balaban J connectivity index is 1.71. The molecule has 0 amide bonds. The Morgan fingerprint density at radius 3 is 2.82 bits per heavy atom. The molecule has 0 aromatic carbocycles. The molecule has 3 nitrogen and oxygen atoms in total. The molecule has 0 aliphatic carbocycles. The van der Waals surface area contributed by atoms with Crippen molar-refractivity contribution in [3.05, 3.63) is 0 Å². The molecule has 0 aromatic rings. The fraction of sp³-hybridized carbons (Fsp3) is 0.923. The largest absolute Gasteiger partial charge is 0.361 e. The standard InChI is InChI=1S/C13H25N3S/c1-11-8-14-13(17-10-11)15-12(2)9-16-6-4-3-5-7-16/h11-12H,3-10H2,1-2H3,(H,14,15). The summed E-state index contributed by atoms with van der Waals surface area (Å²) >= 11 is 1.88. The van der Waals surface area contributed by atoms with Crippen molar-refractivity contribution in [2.45, 2.75) is 39.2 Å². The zero-order valence-corrected chi connectivity index (χ0v) is 11.9. The quantitative estimate of drug-likeness (QED) is 0.838. The molecule has 2 atom stereocenters. The second kappa shape index (κ2) is 6.64. The van der Waals surface area contributed by atoms with Crippen LogP contribution in [0.2, 0.25) is 0 Å². The normalized spacial score (nSPS) is 28.6. The molecule has 2 aliphatic rings. The van der Waals surface area contributed by atoms with Crippen molar-refractivity contribution in [1.29, 1.82) is 0 Å². The molecule has 2 rings (SSSR count). The van der Waals surface area contributed by atoms with Crippen molar-refractivity contribution in [3.8, 4) is 0 Å². The number of nitrogens with one attached hydrogen (secondary N) is 1. The van der Waals surface area contributed by atoms with Gasteiger partial charge in [0.05, 0.1) is 0 Å². The average molecular weight is 255 g/mol. The summed E-state index contributed by atoms with van der Waals surface area (Å²) in [7, 11) is 0. The lowest BCUT2D eigenvalue weighted by molar-refractivity contribution is 0.215. The van der Waals surface area contributed by atoms with Crippen LogP contribution in [0.25, 0.3) is 0 Å². The predicted molar refractivity (Wildman–Crippen MR) is 76.8 cm³/mol. The van der Waals surface area contributed by atoms with Gasteiger partial charge in [-0.2, -0.15) is 0 Å². The number of hydrogen-bond donors (Lipinski definition) is 1. The lowest BCUT2D eigenvalue weighted by Crippen LogP contribution is -2.43. The Morgan fingerprint density at radius 2 is 2.18 bits per heavy atom. The first kappa shape index (κ1) is 13.2. The van der Waals surface area contributed by atoms with Gasteiger partial charge in [0.2, 0.25) is 0 Å². The SMILES string of the molecule is CC1CN=C(NC(C)CN2CCCCC2)SC1. The third-order valence-electron chi connectivity index (χ3n) is 3.40. The van der Waals surface area contributed by atoms with Gasteiger partial charge in [-0.3, -0.25) is 4.99 Å². The second-order valence-electron chi connectivity index (χ2n) is 5.47. The maximum atomic E-state index is 4.59. The lowest BCUT2D eigenvalue weighted by atomic mass is 10.1. The first-order valence-electron chi connectivity index (χ1n) is 6.90. The van der Waals surface area contributed by atoms with E-state index in [1.54, 1.807) is 0 Å². The van der Waals surface area contributed by atoms with E-state index < -0.39 is 0 Å². The Labute approximate surface area is 109 Å². The van der Waals surface area contributed by atoms with E-state index in [1.807, 2.05) is 11.8 Å². The summed E-state index contributed by atoms with van der Waals surface area (Å²) in [5.41, 5.74) is 0. The zero-order valence-electron chi connectivity index (χ0n) is 11.1. The van der Waals surface area contributed by atoms with E-state index >= 15 is 0 Å². The molecule has 2 aliphatic heterocycles. The molecule has 1 fully saturated rings. The summed E-state index contributed by atoms with van der Waals surface area (Å²) < 4.78 is 0. The van der Waals surface area contributed by atoms with E-state index in [-0.39, 0.29) is 0 Å². The number of amidine groups is 1. The van der Waals surface area contributed by atoms with Gasteiger partial charge in [-0.1, -0.05) is 25.1 Å². The maximum Gasteiger partial charge on any atom is 0.156 e. The minimum Gasteiger partial charge on any atom is -0.361 e. The minimum atomic E-state index is 0.521. The molecule has 2 unspecified atom stereocenters. The number of rotatable bonds is 3. The maximum absolute atomic E-state index is 4.59. The first-order chi connectivity index (χ1) is 8.24. The molecule has 0 bridgehead atoms. The highest BCUT2D eigenvalue weighted by Gasteiger charge is 2.16. The molecule has 2 heterocycles. The van der Waals surface area contributed by atoms with Gasteiger partial charge in [0.1, 0.15) is 0 Å². The topological polar surface area (TPSA) is 27.6 Å². The second-order valence-corrected chi connectivity index (χ2v) is 6.48. The molecule has 0 aromatic heterocycles. The summed E-state index contributed by atoms with van der Waals surface area (Å²) in [6, 6.07) is 0.521. The van der Waals surface area contributed by atoms with Gasteiger partial charge in [0.15, 0.2) is 5.17 Å². The van der Waals surface area contributed by atoms with Gasteiger partial charge in [-0.15, -0.1) is 0 Å². The van der Waals surface area contributed by atoms with Crippen molar-refractivity contribution in [3.63, 3.8) is 0 Å². The number of likely N-dealkylation sites (tertiary alicyclic amines) is 1. The Bertz CT molecular complexity index is 261. The summed E-state index contributed by atoms with van der Waals surface area (Å²) in [5, 5.41) is 4.72. The van der Waals surface area contributed by atoms with E-state index in [9.17, 15) is 0 Å². The summed E-state index contributed by atoms with van der Waals surface area (Å²) in [6.45, 7) is 9.26. The number of thioether (sulfide) groups is 1. The van der Waals surface area contributed by atoms with Crippen LogP contribution in [0.3, 0.4) is 0 Å². The number of hydrogen-bond acceptors (Lipinski definition) is 4. The summed E-state index contributed by atoms with van der Waals surface area (Å²) in [5.74, 6) is 1.95. The van der Waals surface area contributed by atoms with Crippen molar-refractivity contribution in [2.24, 2.45) is 10.9 Å². The zero-order chi connectivity index (χ0) is 12.1. The summed E-state index contributed by atoms with van der Waals surface area (Å²) in [6.07, 6.45) is 4.17. The van der Waals surface area contributed by atoms with Gasteiger partial charge < -0.3 is 10.2 Å². The average Bonchev–Trinajstić information content (AvgIpc) is 2.33. The molecule has 4 heteroatoms. The van der Waals surface area contributed by atoms with Crippen LogP contribution < -0.4 is 5.32 Å². The number of aliphatic imine (C=N–C) groups is 1. The Morgan fingerprint density at radius 1 is 1.41 bits per heavy atom. The van der Waals surface area contributed by atoms with Crippen LogP contribution in [0, 0.1) is 5.92 Å². The van der Waals surface area contributed by atoms with Crippen LogP contribution in [-0.2, 0) is 0 Å². The fourth-order valence-electron chi connectivity index (χ4n) is 2.43. The third-order valence-corrected chi connectivity index (χ3v) is 4.66. The summed E-state index contributed by atoms with van der Waals surface area (Å²) in [4.78, 5) is 7.17. The molecule has 0 radical (unpaired) electrons. The first-order valence-corrected chi connectivity index (χ1v) is 7.89. The van der Waals surface area contributed by atoms with Crippen LogP contribution in [0.15, 0.2) is 4.99 Å². The van der Waals surface area contributed by atoms with Crippen LogP contribution in [0.5, 0.6) is 0 Å². The van der Waals surface area contributed by atoms with E-state index in [2.05, 4.69) is 29.1 Å². The lowest BCUT2D eigenvalue weighted by Gasteiger charge is -2.30. The Kier molecular flexibility index (Phi) is 5.16. The van der Waals surface area contributed by atoms with Crippen LogP contribution in [0.1, 0.15) is 33.1 Å². The minimum absolute atomic E-state index is 0.521. The molecular weight excluding hydrogens is 230 g/mol. The molecule has 0 spiro atoms. The molecule has 17 heavy (non-hydrogen) atoms. The highest BCUT2D eigenvalue weighted by Crippen LogP contribution is 2.16. The molecule has 1 saturated heterocycles. The molecule has 0 saturated carbocycles. The van der Waals surface area contributed by atoms with E-state index in [1.165, 1.54) is 38.1 Å². The van der Waals surface area contributed by atoms with Gasteiger partial charge in [-0.05, 0) is 38.8 Å². The van der Waals surface area contributed by atoms with E-state index in [0.717, 1.165) is 24.2 Å². The smallest absolute Gasteiger partial charge is 0.156 e. The molecule has 98 valence electrons. The van der Waals surface area contributed by atoms with Crippen molar-refractivity contribution < 1.29 is 0 Å².